The number of aromatic amines is 1. The number of benzene rings is 1. The van der Waals surface area contributed by atoms with Gasteiger partial charge < -0.3 is 15.6 Å². The van der Waals surface area contributed by atoms with E-state index < -0.39 is 0 Å². The molecular weight excluding hydrogens is 352 g/mol. The van der Waals surface area contributed by atoms with Gasteiger partial charge in [0, 0.05) is 41.4 Å². The van der Waals surface area contributed by atoms with Crippen LogP contribution in [-0.4, -0.2) is 34.4 Å². The van der Waals surface area contributed by atoms with Crippen LogP contribution in [0.5, 0.6) is 0 Å². The molecule has 1 aliphatic carbocycles. The number of aromatic nitrogens is 2. The molecule has 28 heavy (non-hydrogen) atoms. The Morgan fingerprint density at radius 3 is 2.79 bits per heavy atom. The van der Waals surface area contributed by atoms with Crippen molar-refractivity contribution in [3.05, 3.63) is 65.6 Å². The SMILES string of the molecule is O=C(NC1CCCC1)c1ccnc(C(=O)NCCc2c[nH]c3ccccc23)c1. The molecule has 2 heterocycles. The number of pyridine rings is 1. The highest BCUT2D eigenvalue weighted by Crippen LogP contribution is 2.19. The third-order valence-corrected chi connectivity index (χ3v) is 5.30. The van der Waals surface area contributed by atoms with E-state index in [0.717, 1.165) is 43.2 Å². The average Bonchev–Trinajstić information content (AvgIpc) is 3.38. The molecule has 0 bridgehead atoms. The molecule has 144 valence electrons. The Morgan fingerprint density at radius 2 is 1.93 bits per heavy atom. The van der Waals surface area contributed by atoms with Gasteiger partial charge in [-0.05, 0) is 43.0 Å². The van der Waals surface area contributed by atoms with E-state index in [1.807, 2.05) is 24.4 Å². The summed E-state index contributed by atoms with van der Waals surface area (Å²) in [6.07, 6.45) is 8.57. The number of para-hydroxylation sites is 1. The monoisotopic (exact) mass is 376 g/mol. The molecule has 0 unspecified atom stereocenters. The minimum absolute atomic E-state index is 0.137. The van der Waals surface area contributed by atoms with Gasteiger partial charge in [-0.2, -0.15) is 0 Å². The molecule has 0 radical (unpaired) electrons. The molecule has 2 amide bonds. The average molecular weight is 376 g/mol. The van der Waals surface area contributed by atoms with Gasteiger partial charge in [0.1, 0.15) is 5.69 Å². The van der Waals surface area contributed by atoms with E-state index in [1.165, 1.54) is 11.6 Å². The number of nitrogens with one attached hydrogen (secondary N) is 3. The highest BCUT2D eigenvalue weighted by atomic mass is 16.2. The fourth-order valence-corrected chi connectivity index (χ4v) is 3.77. The number of H-pyrrole nitrogens is 1. The zero-order chi connectivity index (χ0) is 19.3. The molecule has 2 aromatic heterocycles. The van der Waals surface area contributed by atoms with Crippen molar-refractivity contribution in [1.82, 2.24) is 20.6 Å². The molecular formula is C22H24N4O2. The Balaban J connectivity index is 1.34. The summed E-state index contributed by atoms with van der Waals surface area (Å²) in [6.45, 7) is 0.501. The minimum Gasteiger partial charge on any atom is -0.361 e. The Kier molecular flexibility index (Phi) is 5.37. The van der Waals surface area contributed by atoms with Crippen molar-refractivity contribution in [2.75, 3.05) is 6.54 Å². The van der Waals surface area contributed by atoms with E-state index in [2.05, 4.69) is 26.7 Å². The Bertz CT molecular complexity index is 989. The highest BCUT2D eigenvalue weighted by Gasteiger charge is 2.19. The molecule has 1 aromatic carbocycles. The predicted molar refractivity (Wildman–Crippen MR) is 108 cm³/mol. The van der Waals surface area contributed by atoms with Gasteiger partial charge in [0.25, 0.3) is 11.8 Å². The first kappa shape index (κ1) is 18.2. The Hall–Kier alpha value is -3.15. The molecule has 0 atom stereocenters. The van der Waals surface area contributed by atoms with Crippen molar-refractivity contribution >= 4 is 22.7 Å². The van der Waals surface area contributed by atoms with Gasteiger partial charge in [0.05, 0.1) is 0 Å². The van der Waals surface area contributed by atoms with Crippen LogP contribution in [0.25, 0.3) is 10.9 Å². The molecule has 3 N–H and O–H groups in total. The van der Waals surface area contributed by atoms with Crippen LogP contribution in [0.1, 0.15) is 52.1 Å². The largest absolute Gasteiger partial charge is 0.361 e. The summed E-state index contributed by atoms with van der Waals surface area (Å²) in [5.41, 5.74) is 2.99. The van der Waals surface area contributed by atoms with Crippen molar-refractivity contribution in [2.24, 2.45) is 0 Å². The zero-order valence-corrected chi connectivity index (χ0v) is 15.7. The molecule has 3 aromatic rings. The van der Waals surface area contributed by atoms with E-state index in [4.69, 9.17) is 0 Å². The summed E-state index contributed by atoms with van der Waals surface area (Å²) in [4.78, 5) is 32.2. The standard InChI is InChI=1S/C22H24N4O2/c27-21(26-17-5-1-2-6-17)15-9-11-23-20(13-15)22(28)24-12-10-16-14-25-19-8-4-3-7-18(16)19/h3-4,7-9,11,13-14,17,25H,1-2,5-6,10,12H2,(H,24,28)(H,26,27). The van der Waals surface area contributed by atoms with Crippen molar-refractivity contribution in [2.45, 2.75) is 38.1 Å². The van der Waals surface area contributed by atoms with Crippen molar-refractivity contribution in [3.63, 3.8) is 0 Å². The van der Waals surface area contributed by atoms with Crippen LogP contribution in [0.2, 0.25) is 0 Å². The predicted octanol–water partition coefficient (Wildman–Crippen LogP) is 3.21. The fourth-order valence-electron chi connectivity index (χ4n) is 3.77. The van der Waals surface area contributed by atoms with Gasteiger partial charge in [-0.3, -0.25) is 14.6 Å². The van der Waals surface area contributed by atoms with Gasteiger partial charge >= 0.3 is 0 Å². The van der Waals surface area contributed by atoms with Crippen LogP contribution in [0.15, 0.2) is 48.8 Å². The lowest BCUT2D eigenvalue weighted by molar-refractivity contribution is 0.0937. The van der Waals surface area contributed by atoms with E-state index in [9.17, 15) is 9.59 Å². The molecule has 0 spiro atoms. The number of rotatable bonds is 6. The van der Waals surface area contributed by atoms with E-state index in [-0.39, 0.29) is 23.6 Å². The van der Waals surface area contributed by atoms with Crippen LogP contribution in [0.4, 0.5) is 0 Å². The summed E-state index contributed by atoms with van der Waals surface area (Å²) >= 11 is 0. The summed E-state index contributed by atoms with van der Waals surface area (Å²) in [5, 5.41) is 7.10. The highest BCUT2D eigenvalue weighted by molar-refractivity contribution is 5.98. The van der Waals surface area contributed by atoms with E-state index >= 15 is 0 Å². The Labute approximate surface area is 163 Å². The van der Waals surface area contributed by atoms with Gasteiger partial charge in [0.2, 0.25) is 0 Å². The minimum atomic E-state index is -0.268. The van der Waals surface area contributed by atoms with E-state index in [1.54, 1.807) is 12.1 Å². The molecule has 6 nitrogen and oxygen atoms in total. The van der Waals surface area contributed by atoms with Crippen LogP contribution in [0, 0.1) is 0 Å². The van der Waals surface area contributed by atoms with Crippen molar-refractivity contribution < 1.29 is 9.59 Å². The third kappa shape index (κ3) is 4.06. The van der Waals surface area contributed by atoms with Gasteiger partial charge in [-0.15, -0.1) is 0 Å². The zero-order valence-electron chi connectivity index (χ0n) is 15.7. The van der Waals surface area contributed by atoms with Gasteiger partial charge in [-0.1, -0.05) is 31.0 Å². The normalized spacial score (nSPS) is 14.3. The van der Waals surface area contributed by atoms with Crippen molar-refractivity contribution in [1.29, 1.82) is 0 Å². The van der Waals surface area contributed by atoms with Crippen molar-refractivity contribution in [3.8, 4) is 0 Å². The third-order valence-electron chi connectivity index (χ3n) is 5.30. The molecule has 0 aliphatic heterocycles. The lowest BCUT2D eigenvalue weighted by Gasteiger charge is -2.12. The summed E-state index contributed by atoms with van der Waals surface area (Å²) < 4.78 is 0. The number of nitrogens with zero attached hydrogens (tertiary/aromatic N) is 1. The molecule has 1 aliphatic rings. The molecule has 4 rings (SSSR count). The summed E-state index contributed by atoms with van der Waals surface area (Å²) in [6, 6.07) is 11.5. The number of amides is 2. The maximum absolute atomic E-state index is 12.4. The molecule has 0 saturated heterocycles. The quantitative estimate of drug-likeness (QED) is 0.617. The molecule has 1 fully saturated rings. The number of hydrogen-bond acceptors (Lipinski definition) is 3. The van der Waals surface area contributed by atoms with Crippen LogP contribution < -0.4 is 10.6 Å². The maximum Gasteiger partial charge on any atom is 0.269 e. The van der Waals surface area contributed by atoms with E-state index in [0.29, 0.717) is 12.1 Å². The first-order valence-electron chi connectivity index (χ1n) is 9.81. The first-order chi connectivity index (χ1) is 13.7. The fraction of sp³-hybridized carbons (Fsp3) is 0.318. The molecule has 1 saturated carbocycles. The first-order valence-corrected chi connectivity index (χ1v) is 9.81. The van der Waals surface area contributed by atoms with Gasteiger partial charge in [0.15, 0.2) is 0 Å². The number of hydrogen-bond donors (Lipinski definition) is 3. The second kappa shape index (κ2) is 8.25. The van der Waals surface area contributed by atoms with Crippen LogP contribution >= 0.6 is 0 Å². The second-order valence-electron chi connectivity index (χ2n) is 7.25. The van der Waals surface area contributed by atoms with Gasteiger partial charge in [-0.25, -0.2) is 0 Å². The second-order valence-corrected chi connectivity index (χ2v) is 7.25. The lowest BCUT2D eigenvalue weighted by Crippen LogP contribution is -2.33. The number of carbonyl (C=O) groups is 2. The van der Waals surface area contributed by atoms with Crippen LogP contribution in [-0.2, 0) is 6.42 Å². The number of carbonyl (C=O) groups excluding carboxylic acids is 2. The Morgan fingerprint density at radius 1 is 1.11 bits per heavy atom. The summed E-state index contributed by atoms with van der Waals surface area (Å²) in [5.74, 6) is -0.405. The maximum atomic E-state index is 12.4. The summed E-state index contributed by atoms with van der Waals surface area (Å²) in [7, 11) is 0. The lowest BCUT2D eigenvalue weighted by atomic mass is 10.1. The van der Waals surface area contributed by atoms with Crippen LogP contribution in [0.3, 0.4) is 0 Å². The molecule has 6 heteroatoms. The number of fused-ring (bicyclic) bond motifs is 1. The topological polar surface area (TPSA) is 86.9 Å². The smallest absolute Gasteiger partial charge is 0.269 e.